The Hall–Kier alpha value is -1.62. The van der Waals surface area contributed by atoms with Crippen molar-refractivity contribution < 1.29 is 0 Å². The van der Waals surface area contributed by atoms with Crippen LogP contribution in [-0.4, -0.2) is 19.6 Å². The van der Waals surface area contributed by atoms with Crippen LogP contribution >= 0.6 is 0 Å². The molecule has 104 valence electrons. The number of aryl methyl sites for hydroxylation is 2. The van der Waals surface area contributed by atoms with Gasteiger partial charge in [-0.15, -0.1) is 0 Å². The highest BCUT2D eigenvalue weighted by molar-refractivity contribution is 5.15. The first kappa shape index (κ1) is 13.8. The van der Waals surface area contributed by atoms with Crippen molar-refractivity contribution in [3.63, 3.8) is 0 Å². The van der Waals surface area contributed by atoms with E-state index in [1.807, 2.05) is 15.6 Å². The molecule has 0 aromatic carbocycles. The highest BCUT2D eigenvalue weighted by Gasteiger charge is 2.06. The molecule has 0 saturated heterocycles. The van der Waals surface area contributed by atoms with E-state index in [0.717, 1.165) is 25.3 Å². The molecule has 5 heteroatoms. The molecule has 2 rings (SSSR count). The normalized spacial score (nSPS) is 11.4. The SMILES string of the molecule is CCn1cc(CNCc2cn(C(C)C)nc2C)cn1. The van der Waals surface area contributed by atoms with Gasteiger partial charge in [0.15, 0.2) is 0 Å². The molecule has 2 heterocycles. The van der Waals surface area contributed by atoms with Gasteiger partial charge in [0.1, 0.15) is 0 Å². The van der Waals surface area contributed by atoms with Crippen LogP contribution in [0.1, 0.15) is 43.6 Å². The molecular weight excluding hydrogens is 238 g/mol. The fourth-order valence-electron chi connectivity index (χ4n) is 1.97. The second-order valence-corrected chi connectivity index (χ2v) is 5.12. The lowest BCUT2D eigenvalue weighted by Gasteiger charge is -2.03. The van der Waals surface area contributed by atoms with Gasteiger partial charge in [0, 0.05) is 49.2 Å². The zero-order chi connectivity index (χ0) is 13.8. The molecule has 0 aliphatic heterocycles. The molecule has 5 nitrogen and oxygen atoms in total. The van der Waals surface area contributed by atoms with Crippen LogP contribution in [0.25, 0.3) is 0 Å². The lowest BCUT2D eigenvalue weighted by atomic mass is 10.2. The Morgan fingerprint density at radius 2 is 2.05 bits per heavy atom. The second kappa shape index (κ2) is 6.02. The fourth-order valence-corrected chi connectivity index (χ4v) is 1.97. The number of aromatic nitrogens is 4. The van der Waals surface area contributed by atoms with Crippen molar-refractivity contribution in [3.05, 3.63) is 35.4 Å². The summed E-state index contributed by atoms with van der Waals surface area (Å²) in [5.74, 6) is 0. The van der Waals surface area contributed by atoms with Crippen molar-refractivity contribution in [1.29, 1.82) is 0 Å². The summed E-state index contributed by atoms with van der Waals surface area (Å²) in [7, 11) is 0. The van der Waals surface area contributed by atoms with Gasteiger partial charge < -0.3 is 5.32 Å². The summed E-state index contributed by atoms with van der Waals surface area (Å²) >= 11 is 0. The molecule has 1 N–H and O–H groups in total. The van der Waals surface area contributed by atoms with Crippen LogP contribution < -0.4 is 5.32 Å². The first-order valence-corrected chi connectivity index (χ1v) is 6.86. The van der Waals surface area contributed by atoms with Gasteiger partial charge in [-0.05, 0) is 27.7 Å². The minimum absolute atomic E-state index is 0.412. The summed E-state index contributed by atoms with van der Waals surface area (Å²) in [5.41, 5.74) is 3.58. The number of nitrogens with one attached hydrogen (secondary N) is 1. The van der Waals surface area contributed by atoms with E-state index in [1.165, 1.54) is 11.1 Å². The Kier molecular flexibility index (Phi) is 4.37. The predicted octanol–water partition coefficient (Wildman–Crippen LogP) is 2.28. The molecule has 0 amide bonds. The third-order valence-electron chi connectivity index (χ3n) is 3.20. The van der Waals surface area contributed by atoms with E-state index < -0.39 is 0 Å². The van der Waals surface area contributed by atoms with Crippen molar-refractivity contribution >= 4 is 0 Å². The molecule has 0 atom stereocenters. The average Bonchev–Trinajstić information content (AvgIpc) is 2.97. The van der Waals surface area contributed by atoms with Crippen LogP contribution in [0.5, 0.6) is 0 Å². The van der Waals surface area contributed by atoms with Crippen LogP contribution in [0.4, 0.5) is 0 Å². The van der Waals surface area contributed by atoms with Crippen molar-refractivity contribution in [2.24, 2.45) is 0 Å². The predicted molar refractivity (Wildman–Crippen MR) is 75.8 cm³/mol. The standard InChI is InChI=1S/C14H23N5/c1-5-18-9-13(7-16-18)6-15-8-14-10-19(11(2)3)17-12(14)4/h7,9-11,15H,5-6,8H2,1-4H3. The van der Waals surface area contributed by atoms with E-state index in [9.17, 15) is 0 Å². The molecule has 0 aliphatic carbocycles. The maximum Gasteiger partial charge on any atom is 0.0638 e. The number of hydrogen-bond acceptors (Lipinski definition) is 3. The molecule has 0 bridgehead atoms. The highest BCUT2D eigenvalue weighted by Crippen LogP contribution is 2.10. The highest BCUT2D eigenvalue weighted by atomic mass is 15.3. The summed E-state index contributed by atoms with van der Waals surface area (Å²) in [5, 5.41) is 12.2. The zero-order valence-corrected chi connectivity index (χ0v) is 12.2. The first-order chi connectivity index (χ1) is 9.10. The summed E-state index contributed by atoms with van der Waals surface area (Å²) in [6.45, 7) is 11.0. The van der Waals surface area contributed by atoms with Gasteiger partial charge in [-0.25, -0.2) is 0 Å². The molecule has 0 aliphatic rings. The van der Waals surface area contributed by atoms with E-state index in [-0.39, 0.29) is 0 Å². The molecule has 0 spiro atoms. The van der Waals surface area contributed by atoms with Crippen LogP contribution in [0.3, 0.4) is 0 Å². The van der Waals surface area contributed by atoms with E-state index >= 15 is 0 Å². The summed E-state index contributed by atoms with van der Waals surface area (Å²) < 4.78 is 3.96. The van der Waals surface area contributed by atoms with Crippen LogP contribution in [0, 0.1) is 6.92 Å². The lowest BCUT2D eigenvalue weighted by Crippen LogP contribution is -2.12. The van der Waals surface area contributed by atoms with Gasteiger partial charge in [0.05, 0.1) is 11.9 Å². The molecule has 0 unspecified atom stereocenters. The van der Waals surface area contributed by atoms with Crippen molar-refractivity contribution in [3.8, 4) is 0 Å². The molecular formula is C14H23N5. The zero-order valence-electron chi connectivity index (χ0n) is 12.2. The molecule has 0 fully saturated rings. The molecule has 0 radical (unpaired) electrons. The van der Waals surface area contributed by atoms with Gasteiger partial charge in [-0.2, -0.15) is 10.2 Å². The minimum atomic E-state index is 0.412. The van der Waals surface area contributed by atoms with E-state index in [2.05, 4.69) is 55.6 Å². The monoisotopic (exact) mass is 261 g/mol. The quantitative estimate of drug-likeness (QED) is 0.868. The summed E-state index contributed by atoms with van der Waals surface area (Å²) in [4.78, 5) is 0. The number of nitrogens with zero attached hydrogens (tertiary/aromatic N) is 4. The first-order valence-electron chi connectivity index (χ1n) is 6.86. The smallest absolute Gasteiger partial charge is 0.0638 e. The maximum atomic E-state index is 4.51. The Morgan fingerprint density at radius 3 is 2.63 bits per heavy atom. The largest absolute Gasteiger partial charge is 0.308 e. The Bertz CT molecular complexity index is 524. The van der Waals surface area contributed by atoms with Crippen LogP contribution in [0.2, 0.25) is 0 Å². The van der Waals surface area contributed by atoms with Crippen molar-refractivity contribution in [2.45, 2.75) is 53.4 Å². The third kappa shape index (κ3) is 3.44. The minimum Gasteiger partial charge on any atom is -0.308 e. The van der Waals surface area contributed by atoms with Crippen molar-refractivity contribution in [1.82, 2.24) is 24.9 Å². The van der Waals surface area contributed by atoms with E-state index in [1.54, 1.807) is 0 Å². The van der Waals surface area contributed by atoms with Crippen LogP contribution in [0.15, 0.2) is 18.6 Å². The number of hydrogen-bond donors (Lipinski definition) is 1. The van der Waals surface area contributed by atoms with Gasteiger partial charge in [0.25, 0.3) is 0 Å². The van der Waals surface area contributed by atoms with Crippen LogP contribution in [-0.2, 0) is 19.6 Å². The van der Waals surface area contributed by atoms with E-state index in [4.69, 9.17) is 0 Å². The van der Waals surface area contributed by atoms with Gasteiger partial charge in [-0.3, -0.25) is 9.36 Å². The molecule has 19 heavy (non-hydrogen) atoms. The molecule has 0 saturated carbocycles. The van der Waals surface area contributed by atoms with Gasteiger partial charge in [0.2, 0.25) is 0 Å². The Morgan fingerprint density at radius 1 is 1.26 bits per heavy atom. The van der Waals surface area contributed by atoms with Gasteiger partial charge >= 0.3 is 0 Å². The lowest BCUT2D eigenvalue weighted by molar-refractivity contribution is 0.528. The molecule has 2 aromatic heterocycles. The average molecular weight is 261 g/mol. The summed E-state index contributed by atoms with van der Waals surface area (Å²) in [6.07, 6.45) is 6.13. The van der Waals surface area contributed by atoms with E-state index in [0.29, 0.717) is 6.04 Å². The third-order valence-corrected chi connectivity index (χ3v) is 3.20. The topological polar surface area (TPSA) is 47.7 Å². The summed E-state index contributed by atoms with van der Waals surface area (Å²) in [6, 6.07) is 0.412. The number of rotatable bonds is 6. The Balaban J connectivity index is 1.88. The van der Waals surface area contributed by atoms with Crippen molar-refractivity contribution in [2.75, 3.05) is 0 Å². The second-order valence-electron chi connectivity index (χ2n) is 5.12. The van der Waals surface area contributed by atoms with Gasteiger partial charge in [-0.1, -0.05) is 0 Å². The Labute approximate surface area is 114 Å². The maximum absolute atomic E-state index is 4.51. The fraction of sp³-hybridized carbons (Fsp3) is 0.571. The molecule has 2 aromatic rings.